The predicted molar refractivity (Wildman–Crippen MR) is 96.4 cm³/mol. The van der Waals surface area contributed by atoms with Crippen molar-refractivity contribution in [1.29, 1.82) is 0 Å². The number of aliphatic carboxylic acids is 1. The van der Waals surface area contributed by atoms with E-state index in [0.29, 0.717) is 16.8 Å². The lowest BCUT2D eigenvalue weighted by molar-refractivity contribution is -0.142. The number of rotatable bonds is 7. The Hall–Kier alpha value is -2.67. The number of hydrogen-bond donors (Lipinski definition) is 2. The number of nitrogens with one attached hydrogen (secondary N) is 1. The summed E-state index contributed by atoms with van der Waals surface area (Å²) in [5.74, 6) is -2.02. The van der Waals surface area contributed by atoms with Crippen LogP contribution in [-0.2, 0) is 14.3 Å². The van der Waals surface area contributed by atoms with Gasteiger partial charge in [-0.25, -0.2) is 4.79 Å². The second kappa shape index (κ2) is 7.70. The van der Waals surface area contributed by atoms with Gasteiger partial charge in [0, 0.05) is 29.9 Å². The molecule has 2 rings (SSSR count). The van der Waals surface area contributed by atoms with E-state index in [0.717, 1.165) is 0 Å². The van der Waals surface area contributed by atoms with Crippen molar-refractivity contribution in [2.45, 2.75) is 38.8 Å². The molecule has 0 saturated heterocycles. The van der Waals surface area contributed by atoms with Crippen LogP contribution in [0.5, 0.6) is 0 Å². The van der Waals surface area contributed by atoms with Crippen molar-refractivity contribution >= 4 is 23.5 Å². The maximum atomic E-state index is 12.4. The monoisotopic (exact) mass is 360 g/mol. The lowest BCUT2D eigenvalue weighted by Crippen LogP contribution is -2.46. The number of carbonyl (C=O) groups excluding carboxylic acids is 2. The Labute approximate surface area is 152 Å². The zero-order chi connectivity index (χ0) is 19.5. The molecular formula is C19H24N2O5. The maximum absolute atomic E-state index is 12.4. The van der Waals surface area contributed by atoms with E-state index in [-0.39, 0.29) is 25.5 Å². The van der Waals surface area contributed by atoms with Gasteiger partial charge in [0.05, 0.1) is 5.60 Å². The van der Waals surface area contributed by atoms with Crippen LogP contribution in [0.3, 0.4) is 0 Å². The van der Waals surface area contributed by atoms with E-state index < -0.39 is 23.5 Å². The molecule has 0 spiro atoms. The first kappa shape index (κ1) is 19.7. The highest BCUT2D eigenvalue weighted by atomic mass is 16.5. The third-order valence-electron chi connectivity index (χ3n) is 3.92. The van der Waals surface area contributed by atoms with Crippen LogP contribution in [0.25, 0.3) is 5.70 Å². The summed E-state index contributed by atoms with van der Waals surface area (Å²) < 4.78 is 5.51. The number of carboxylic acids is 1. The van der Waals surface area contributed by atoms with Crippen molar-refractivity contribution in [1.82, 2.24) is 10.2 Å². The van der Waals surface area contributed by atoms with E-state index in [9.17, 15) is 19.5 Å². The highest BCUT2D eigenvalue weighted by Gasteiger charge is 2.32. The second-order valence-corrected chi connectivity index (χ2v) is 7.09. The minimum atomic E-state index is -1.15. The molecule has 140 valence electrons. The Balaban J connectivity index is 1.95. The Morgan fingerprint density at radius 3 is 2.42 bits per heavy atom. The molecule has 0 aliphatic carbocycles. The molecule has 0 aromatic heterocycles. The van der Waals surface area contributed by atoms with Gasteiger partial charge in [-0.1, -0.05) is 24.8 Å². The second-order valence-electron chi connectivity index (χ2n) is 7.09. The van der Waals surface area contributed by atoms with Crippen molar-refractivity contribution in [2.75, 3.05) is 13.2 Å². The number of carboxylic acid groups (broad SMARTS) is 1. The van der Waals surface area contributed by atoms with Gasteiger partial charge in [0.25, 0.3) is 5.91 Å². The van der Waals surface area contributed by atoms with Crippen LogP contribution < -0.4 is 5.32 Å². The summed E-state index contributed by atoms with van der Waals surface area (Å²) in [5, 5.41) is 11.7. The van der Waals surface area contributed by atoms with Gasteiger partial charge < -0.3 is 15.2 Å². The number of ether oxygens (including phenoxy) is 1. The van der Waals surface area contributed by atoms with Crippen LogP contribution in [-0.4, -0.2) is 52.6 Å². The zero-order valence-electron chi connectivity index (χ0n) is 15.2. The Morgan fingerprint density at radius 1 is 1.27 bits per heavy atom. The lowest BCUT2D eigenvalue weighted by Gasteiger charge is -2.22. The molecule has 1 unspecified atom stereocenters. The van der Waals surface area contributed by atoms with Gasteiger partial charge in [0.15, 0.2) is 0 Å². The van der Waals surface area contributed by atoms with Crippen molar-refractivity contribution < 1.29 is 24.2 Å². The molecule has 1 aromatic carbocycles. The summed E-state index contributed by atoms with van der Waals surface area (Å²) in [6.07, 6.45) is 0.132. The first-order valence-corrected chi connectivity index (χ1v) is 8.36. The van der Waals surface area contributed by atoms with Crippen molar-refractivity contribution in [2.24, 2.45) is 0 Å². The van der Waals surface area contributed by atoms with E-state index in [1.807, 2.05) is 20.8 Å². The van der Waals surface area contributed by atoms with Crippen LogP contribution in [0.2, 0.25) is 0 Å². The molecule has 1 aliphatic heterocycles. The maximum Gasteiger partial charge on any atom is 0.326 e. The number of fused-ring (bicyclic) bond motifs is 1. The van der Waals surface area contributed by atoms with Crippen LogP contribution >= 0.6 is 0 Å². The average molecular weight is 360 g/mol. The molecule has 1 aromatic rings. The van der Waals surface area contributed by atoms with Gasteiger partial charge in [-0.15, -0.1) is 0 Å². The first-order valence-electron chi connectivity index (χ1n) is 8.36. The van der Waals surface area contributed by atoms with Crippen LogP contribution in [0.15, 0.2) is 30.8 Å². The molecule has 2 N–H and O–H groups in total. The fourth-order valence-corrected chi connectivity index (χ4v) is 2.63. The fraction of sp³-hybridized carbons (Fsp3) is 0.421. The van der Waals surface area contributed by atoms with E-state index in [1.54, 1.807) is 24.3 Å². The molecule has 7 nitrogen and oxygen atoms in total. The smallest absolute Gasteiger partial charge is 0.326 e. The summed E-state index contributed by atoms with van der Waals surface area (Å²) >= 11 is 0. The molecule has 0 bridgehead atoms. The zero-order valence-corrected chi connectivity index (χ0v) is 15.2. The Bertz CT molecular complexity index is 701. The summed E-state index contributed by atoms with van der Waals surface area (Å²) in [6, 6.07) is 5.88. The number of benzene rings is 1. The quantitative estimate of drug-likeness (QED) is 0.774. The SMILES string of the molecule is C=C1c2ccccc2C(=O)N1CC(=O)NC(CCOC(C)(C)C)C(=O)O. The van der Waals surface area contributed by atoms with Gasteiger partial charge >= 0.3 is 5.97 Å². The topological polar surface area (TPSA) is 95.9 Å². The standard InChI is InChI=1S/C19H24N2O5/c1-12-13-7-5-6-8-14(13)17(23)21(12)11-16(22)20-15(18(24)25)9-10-26-19(2,3)4/h5-8,15H,1,9-11H2,2-4H3,(H,20,22)(H,24,25). The van der Waals surface area contributed by atoms with E-state index in [4.69, 9.17) is 4.74 Å². The number of carbonyl (C=O) groups is 3. The molecular weight excluding hydrogens is 336 g/mol. The van der Waals surface area contributed by atoms with Gasteiger partial charge in [0.2, 0.25) is 5.91 Å². The molecule has 1 atom stereocenters. The van der Waals surface area contributed by atoms with Crippen molar-refractivity contribution in [3.63, 3.8) is 0 Å². The normalized spacial score (nSPS) is 15.0. The van der Waals surface area contributed by atoms with Gasteiger partial charge in [-0.2, -0.15) is 0 Å². The third-order valence-corrected chi connectivity index (χ3v) is 3.92. The lowest BCUT2D eigenvalue weighted by atomic mass is 10.1. The highest BCUT2D eigenvalue weighted by Crippen LogP contribution is 2.30. The molecule has 0 radical (unpaired) electrons. The van der Waals surface area contributed by atoms with Crippen LogP contribution in [0.1, 0.15) is 43.1 Å². The van der Waals surface area contributed by atoms with Gasteiger partial charge in [0.1, 0.15) is 12.6 Å². The average Bonchev–Trinajstić information content (AvgIpc) is 2.78. The van der Waals surface area contributed by atoms with E-state index in [1.165, 1.54) is 4.90 Å². The van der Waals surface area contributed by atoms with Crippen molar-refractivity contribution in [3.05, 3.63) is 42.0 Å². The molecule has 0 saturated carbocycles. The summed E-state index contributed by atoms with van der Waals surface area (Å²) in [5.41, 5.74) is 1.21. The first-order chi connectivity index (χ1) is 12.1. The Morgan fingerprint density at radius 2 is 1.88 bits per heavy atom. The number of amides is 2. The van der Waals surface area contributed by atoms with Crippen LogP contribution in [0.4, 0.5) is 0 Å². The largest absolute Gasteiger partial charge is 0.480 e. The van der Waals surface area contributed by atoms with Gasteiger partial charge in [-0.3, -0.25) is 14.5 Å². The number of nitrogens with zero attached hydrogens (tertiary/aromatic N) is 1. The van der Waals surface area contributed by atoms with E-state index >= 15 is 0 Å². The summed E-state index contributed by atoms with van der Waals surface area (Å²) in [7, 11) is 0. The minimum absolute atomic E-state index is 0.132. The third kappa shape index (κ3) is 4.70. The Kier molecular flexibility index (Phi) is 5.82. The van der Waals surface area contributed by atoms with Crippen LogP contribution in [0, 0.1) is 0 Å². The minimum Gasteiger partial charge on any atom is -0.480 e. The molecule has 0 fully saturated rings. The van der Waals surface area contributed by atoms with Gasteiger partial charge in [-0.05, 0) is 26.8 Å². The molecule has 1 aliphatic rings. The van der Waals surface area contributed by atoms with Crippen molar-refractivity contribution in [3.8, 4) is 0 Å². The molecule has 1 heterocycles. The predicted octanol–water partition coefficient (Wildman–Crippen LogP) is 1.89. The summed E-state index contributed by atoms with van der Waals surface area (Å²) in [4.78, 5) is 37.3. The molecule has 26 heavy (non-hydrogen) atoms. The summed E-state index contributed by atoms with van der Waals surface area (Å²) in [6.45, 7) is 9.37. The molecule has 7 heteroatoms. The molecule has 2 amide bonds. The fourth-order valence-electron chi connectivity index (χ4n) is 2.63. The highest BCUT2D eigenvalue weighted by molar-refractivity contribution is 6.10. The van der Waals surface area contributed by atoms with E-state index in [2.05, 4.69) is 11.9 Å². The number of hydrogen-bond acceptors (Lipinski definition) is 4.